The molecule has 2 saturated carbocycles. The molecule has 3 fully saturated rings. The molecule has 0 unspecified atom stereocenters. The maximum atomic E-state index is 13.3. The lowest BCUT2D eigenvalue weighted by molar-refractivity contribution is -0.132. The van der Waals surface area contributed by atoms with Gasteiger partial charge >= 0.3 is 0 Å². The summed E-state index contributed by atoms with van der Waals surface area (Å²) in [5.74, 6) is 7.00. The first-order valence-corrected chi connectivity index (χ1v) is 13.6. The quantitative estimate of drug-likeness (QED) is 0.475. The lowest BCUT2D eigenvalue weighted by Crippen LogP contribution is -2.43. The van der Waals surface area contributed by atoms with Crippen LogP contribution in [0.5, 0.6) is 0 Å². The van der Waals surface area contributed by atoms with Gasteiger partial charge in [0.05, 0.1) is 17.3 Å². The van der Waals surface area contributed by atoms with Gasteiger partial charge in [0.2, 0.25) is 5.91 Å². The van der Waals surface area contributed by atoms with Crippen molar-refractivity contribution < 1.29 is 9.59 Å². The highest BCUT2D eigenvalue weighted by molar-refractivity contribution is 6.34. The molecule has 38 heavy (non-hydrogen) atoms. The van der Waals surface area contributed by atoms with Gasteiger partial charge in [-0.1, -0.05) is 41.1 Å². The molecule has 0 radical (unpaired) electrons. The molecule has 1 N–H and O–H groups in total. The number of pyridine rings is 1. The van der Waals surface area contributed by atoms with Crippen LogP contribution in [-0.4, -0.2) is 44.6 Å². The van der Waals surface area contributed by atoms with Crippen molar-refractivity contribution in [2.24, 2.45) is 11.3 Å². The van der Waals surface area contributed by atoms with E-state index in [2.05, 4.69) is 27.2 Å². The molecule has 8 heteroatoms. The summed E-state index contributed by atoms with van der Waals surface area (Å²) in [7, 11) is 0. The summed E-state index contributed by atoms with van der Waals surface area (Å²) in [4.78, 5) is 32.3. The first kappa shape index (κ1) is 24.7. The highest BCUT2D eigenvalue weighted by Crippen LogP contribution is 2.54. The van der Waals surface area contributed by atoms with Crippen LogP contribution in [0, 0.1) is 37.0 Å². The number of carbonyl (C=O) groups excluding carboxylic acids is 2. The molecule has 2 aromatic heterocycles. The zero-order chi connectivity index (χ0) is 26.4. The van der Waals surface area contributed by atoms with Gasteiger partial charge in [-0.3, -0.25) is 14.3 Å². The summed E-state index contributed by atoms with van der Waals surface area (Å²) in [5.41, 5.74) is 4.19. The average molecular weight is 528 g/mol. The molecule has 3 aliphatic rings. The van der Waals surface area contributed by atoms with E-state index in [1.807, 2.05) is 49.1 Å². The SMILES string of the molecule is Cc1ccc(C#Cc2cnc(NC(=O)c3c(Cl)cnn3C3CC4(CCN(C(=O)C5CC5)C4)C3)c(C)c2)cc1. The van der Waals surface area contributed by atoms with Crippen LogP contribution in [0.2, 0.25) is 5.02 Å². The molecule has 1 spiro atoms. The Morgan fingerprint density at radius 3 is 2.53 bits per heavy atom. The number of aryl methyl sites for hydroxylation is 2. The predicted octanol–water partition coefficient (Wildman–Crippen LogP) is 5.16. The maximum Gasteiger partial charge on any atom is 0.276 e. The van der Waals surface area contributed by atoms with Crippen LogP contribution >= 0.6 is 11.6 Å². The Hall–Kier alpha value is -3.63. The monoisotopic (exact) mass is 527 g/mol. The van der Waals surface area contributed by atoms with E-state index in [-0.39, 0.29) is 23.3 Å². The fraction of sp³-hybridized carbons (Fsp3) is 0.400. The number of nitrogens with zero attached hydrogens (tertiary/aromatic N) is 4. The molecule has 1 saturated heterocycles. The van der Waals surface area contributed by atoms with Crippen molar-refractivity contribution >= 4 is 29.2 Å². The van der Waals surface area contributed by atoms with E-state index in [4.69, 9.17) is 11.6 Å². The summed E-state index contributed by atoms with van der Waals surface area (Å²) >= 11 is 6.43. The number of amides is 2. The summed E-state index contributed by atoms with van der Waals surface area (Å²) in [6.07, 6.45) is 8.06. The summed E-state index contributed by atoms with van der Waals surface area (Å²) in [6, 6.07) is 10.0. The van der Waals surface area contributed by atoms with Crippen LogP contribution < -0.4 is 5.32 Å². The second-order valence-electron chi connectivity index (χ2n) is 11.1. The minimum atomic E-state index is -0.334. The van der Waals surface area contributed by atoms with Gasteiger partial charge in [-0.05, 0) is 75.1 Å². The maximum absolute atomic E-state index is 13.3. The molecule has 2 aliphatic carbocycles. The molecule has 194 valence electrons. The number of rotatable bonds is 4. The number of nitrogens with one attached hydrogen (secondary N) is 1. The molecule has 0 bridgehead atoms. The molecular weight excluding hydrogens is 498 g/mol. The predicted molar refractivity (Wildman–Crippen MR) is 146 cm³/mol. The topological polar surface area (TPSA) is 80.1 Å². The van der Waals surface area contributed by atoms with E-state index in [0.717, 1.165) is 61.9 Å². The fourth-order valence-corrected chi connectivity index (χ4v) is 5.93. The van der Waals surface area contributed by atoms with E-state index < -0.39 is 0 Å². The normalized spacial score (nSPS) is 22.1. The number of hydrogen-bond donors (Lipinski definition) is 1. The van der Waals surface area contributed by atoms with Gasteiger partial charge in [0, 0.05) is 36.3 Å². The number of carbonyl (C=O) groups is 2. The van der Waals surface area contributed by atoms with Crippen LogP contribution in [-0.2, 0) is 4.79 Å². The lowest BCUT2D eigenvalue weighted by Gasteiger charge is -2.45. The fourth-order valence-electron chi connectivity index (χ4n) is 5.71. The molecule has 7 nitrogen and oxygen atoms in total. The molecule has 1 aromatic carbocycles. The Balaban J connectivity index is 1.12. The zero-order valence-corrected chi connectivity index (χ0v) is 22.4. The van der Waals surface area contributed by atoms with Crippen LogP contribution in [0.25, 0.3) is 0 Å². The highest BCUT2D eigenvalue weighted by atomic mass is 35.5. The molecule has 3 aromatic rings. The van der Waals surface area contributed by atoms with Crippen LogP contribution in [0.4, 0.5) is 5.82 Å². The molecule has 2 amide bonds. The van der Waals surface area contributed by atoms with Crippen LogP contribution in [0.1, 0.15) is 70.9 Å². The Bertz CT molecular complexity index is 1470. The van der Waals surface area contributed by atoms with Crippen molar-refractivity contribution in [2.75, 3.05) is 18.4 Å². The third-order valence-electron chi connectivity index (χ3n) is 8.04. The van der Waals surface area contributed by atoms with E-state index in [1.165, 1.54) is 11.8 Å². The largest absolute Gasteiger partial charge is 0.342 e. The molecule has 1 aliphatic heterocycles. The van der Waals surface area contributed by atoms with Crippen molar-refractivity contribution in [3.8, 4) is 11.8 Å². The Morgan fingerprint density at radius 1 is 1.08 bits per heavy atom. The number of hydrogen-bond acceptors (Lipinski definition) is 4. The van der Waals surface area contributed by atoms with E-state index >= 15 is 0 Å². The standard InChI is InChI=1S/C30H30ClN5O2/c1-19-3-5-21(6-4-19)7-8-22-13-20(2)27(32-16-22)34-28(37)26-25(31)17-33-36(26)24-14-30(15-24)11-12-35(18-30)29(38)23-9-10-23/h3-6,13,16-17,23-24H,9-12,14-15,18H2,1-2H3,(H,32,34,37). The second-order valence-corrected chi connectivity index (χ2v) is 11.5. The number of halogens is 1. The van der Waals surface area contributed by atoms with Gasteiger partial charge in [0.15, 0.2) is 0 Å². The molecule has 0 atom stereocenters. The Kier molecular flexibility index (Phi) is 6.23. The smallest absolute Gasteiger partial charge is 0.276 e. The number of likely N-dealkylation sites (tertiary alicyclic amines) is 1. The minimum absolute atomic E-state index is 0.0905. The van der Waals surface area contributed by atoms with Gasteiger partial charge < -0.3 is 10.2 Å². The first-order valence-electron chi connectivity index (χ1n) is 13.2. The number of benzene rings is 1. The Labute approximate surface area is 227 Å². The van der Waals surface area contributed by atoms with E-state index in [9.17, 15) is 9.59 Å². The lowest BCUT2D eigenvalue weighted by atomic mass is 9.65. The highest BCUT2D eigenvalue weighted by Gasteiger charge is 2.52. The van der Waals surface area contributed by atoms with Gasteiger partial charge in [0.25, 0.3) is 5.91 Å². The number of anilines is 1. The number of aromatic nitrogens is 3. The first-order chi connectivity index (χ1) is 18.3. The van der Waals surface area contributed by atoms with Crippen LogP contribution in [0.3, 0.4) is 0 Å². The van der Waals surface area contributed by atoms with Gasteiger partial charge in [-0.25, -0.2) is 4.98 Å². The van der Waals surface area contributed by atoms with Gasteiger partial charge in [-0.15, -0.1) is 0 Å². The summed E-state index contributed by atoms with van der Waals surface area (Å²) in [6.45, 7) is 5.59. The van der Waals surface area contributed by atoms with Crippen molar-refractivity contribution in [1.82, 2.24) is 19.7 Å². The van der Waals surface area contributed by atoms with Gasteiger partial charge in [0.1, 0.15) is 11.5 Å². The molecule has 3 heterocycles. The van der Waals surface area contributed by atoms with Gasteiger partial charge in [-0.2, -0.15) is 5.10 Å². The van der Waals surface area contributed by atoms with Crippen molar-refractivity contribution in [3.63, 3.8) is 0 Å². The molecule has 6 rings (SSSR count). The van der Waals surface area contributed by atoms with E-state index in [0.29, 0.717) is 22.4 Å². The summed E-state index contributed by atoms with van der Waals surface area (Å²) < 4.78 is 1.76. The second kappa shape index (κ2) is 9.59. The van der Waals surface area contributed by atoms with Crippen molar-refractivity contribution in [3.05, 3.63) is 75.7 Å². The summed E-state index contributed by atoms with van der Waals surface area (Å²) in [5, 5.41) is 7.68. The zero-order valence-electron chi connectivity index (χ0n) is 21.6. The minimum Gasteiger partial charge on any atom is -0.342 e. The third kappa shape index (κ3) is 4.81. The van der Waals surface area contributed by atoms with Crippen LogP contribution in [0.15, 0.2) is 42.7 Å². The van der Waals surface area contributed by atoms with Crippen molar-refractivity contribution in [2.45, 2.75) is 52.0 Å². The molecular formula is C30H30ClN5O2. The van der Waals surface area contributed by atoms with Crippen molar-refractivity contribution in [1.29, 1.82) is 0 Å². The Morgan fingerprint density at radius 2 is 1.82 bits per heavy atom. The third-order valence-corrected chi connectivity index (χ3v) is 8.32. The van der Waals surface area contributed by atoms with E-state index in [1.54, 1.807) is 10.9 Å². The average Bonchev–Trinajstić information content (AvgIpc) is 3.52.